The highest BCUT2D eigenvalue weighted by atomic mass is 16.3. The molecule has 1 amide bonds. The second kappa shape index (κ2) is 5.97. The maximum Gasteiger partial charge on any atom is 0.272 e. The van der Waals surface area contributed by atoms with E-state index in [1.807, 2.05) is 6.07 Å². The first-order valence-electron chi connectivity index (χ1n) is 5.34. The van der Waals surface area contributed by atoms with Crippen LogP contribution in [0.3, 0.4) is 0 Å². The lowest BCUT2D eigenvalue weighted by atomic mass is 10.2. The Morgan fingerprint density at radius 3 is 2.82 bits per heavy atom. The summed E-state index contributed by atoms with van der Waals surface area (Å²) < 4.78 is 0. The first kappa shape index (κ1) is 13.1. The van der Waals surface area contributed by atoms with Gasteiger partial charge in [-0.25, -0.2) is 4.98 Å². The Kier molecular flexibility index (Phi) is 4.61. The van der Waals surface area contributed by atoms with Crippen molar-refractivity contribution in [3.05, 3.63) is 29.6 Å². The van der Waals surface area contributed by atoms with Crippen LogP contribution in [0, 0.1) is 11.3 Å². The van der Waals surface area contributed by atoms with Gasteiger partial charge in [0.2, 0.25) is 0 Å². The normalized spacial score (nSPS) is 11.6. The highest BCUT2D eigenvalue weighted by Gasteiger charge is 2.13. The minimum atomic E-state index is -0.431. The van der Waals surface area contributed by atoms with E-state index >= 15 is 0 Å². The molecule has 1 aromatic rings. The van der Waals surface area contributed by atoms with Gasteiger partial charge >= 0.3 is 0 Å². The largest absolute Gasteiger partial charge is 0.393 e. The Hall–Kier alpha value is -1.93. The summed E-state index contributed by atoms with van der Waals surface area (Å²) in [6.07, 6.45) is 1.47. The van der Waals surface area contributed by atoms with Crippen molar-refractivity contribution >= 4 is 5.91 Å². The average Bonchev–Trinajstić information content (AvgIpc) is 2.35. The molecule has 90 valence electrons. The molecule has 1 rings (SSSR count). The standard InChI is InChI=1S/C12H15N3O2/c1-9(16)5-6-15(2)12(17)11-4-3-10(7-13)8-14-11/h3-4,8-9,16H,5-6H2,1-2H3. The molecule has 0 aromatic carbocycles. The van der Waals surface area contributed by atoms with Crippen molar-refractivity contribution in [3.63, 3.8) is 0 Å². The average molecular weight is 233 g/mol. The zero-order valence-electron chi connectivity index (χ0n) is 9.92. The first-order valence-corrected chi connectivity index (χ1v) is 5.34. The lowest BCUT2D eigenvalue weighted by Crippen LogP contribution is -2.30. The van der Waals surface area contributed by atoms with Gasteiger partial charge in [-0.05, 0) is 25.5 Å². The summed E-state index contributed by atoms with van der Waals surface area (Å²) >= 11 is 0. The second-order valence-corrected chi connectivity index (χ2v) is 3.91. The molecule has 0 saturated heterocycles. The highest BCUT2D eigenvalue weighted by molar-refractivity contribution is 5.92. The van der Waals surface area contributed by atoms with Crippen LogP contribution in [0.2, 0.25) is 0 Å². The van der Waals surface area contributed by atoms with Gasteiger partial charge in [0, 0.05) is 19.8 Å². The first-order chi connectivity index (χ1) is 8.04. The Balaban J connectivity index is 2.65. The number of hydrogen-bond donors (Lipinski definition) is 1. The number of pyridine rings is 1. The highest BCUT2D eigenvalue weighted by Crippen LogP contribution is 2.03. The van der Waals surface area contributed by atoms with E-state index in [0.29, 0.717) is 24.2 Å². The molecular weight excluding hydrogens is 218 g/mol. The van der Waals surface area contributed by atoms with Gasteiger partial charge in [0.1, 0.15) is 11.8 Å². The zero-order valence-corrected chi connectivity index (χ0v) is 9.92. The molecule has 0 radical (unpaired) electrons. The molecule has 5 heteroatoms. The summed E-state index contributed by atoms with van der Waals surface area (Å²) in [4.78, 5) is 17.3. The van der Waals surface area contributed by atoms with Crippen LogP contribution in [0.5, 0.6) is 0 Å². The topological polar surface area (TPSA) is 77.2 Å². The lowest BCUT2D eigenvalue weighted by molar-refractivity contribution is 0.0763. The Morgan fingerprint density at radius 2 is 2.35 bits per heavy atom. The van der Waals surface area contributed by atoms with E-state index in [9.17, 15) is 4.79 Å². The molecule has 1 aromatic heterocycles. The van der Waals surface area contributed by atoms with Crippen LogP contribution in [0.15, 0.2) is 18.3 Å². The number of carbonyl (C=O) groups excluding carboxylic acids is 1. The third-order valence-electron chi connectivity index (χ3n) is 2.34. The molecule has 5 nitrogen and oxygen atoms in total. The van der Waals surface area contributed by atoms with Crippen LogP contribution in [-0.4, -0.2) is 40.6 Å². The van der Waals surface area contributed by atoms with Crippen molar-refractivity contribution in [2.24, 2.45) is 0 Å². The second-order valence-electron chi connectivity index (χ2n) is 3.91. The predicted molar refractivity (Wildman–Crippen MR) is 62.2 cm³/mol. The molecule has 1 heterocycles. The minimum Gasteiger partial charge on any atom is -0.393 e. The quantitative estimate of drug-likeness (QED) is 0.834. The monoisotopic (exact) mass is 233 g/mol. The maximum absolute atomic E-state index is 11.9. The van der Waals surface area contributed by atoms with Gasteiger partial charge in [-0.2, -0.15) is 5.26 Å². The summed E-state index contributed by atoms with van der Waals surface area (Å²) in [5.74, 6) is -0.213. The van der Waals surface area contributed by atoms with Crippen LogP contribution in [0.25, 0.3) is 0 Å². The number of nitrogens with zero attached hydrogens (tertiary/aromatic N) is 3. The number of nitriles is 1. The van der Waals surface area contributed by atoms with Crippen LogP contribution in [0.1, 0.15) is 29.4 Å². The van der Waals surface area contributed by atoms with Gasteiger partial charge in [0.25, 0.3) is 5.91 Å². The fourth-order valence-corrected chi connectivity index (χ4v) is 1.26. The number of aromatic nitrogens is 1. The van der Waals surface area contributed by atoms with Crippen molar-refractivity contribution in [2.45, 2.75) is 19.4 Å². The van der Waals surface area contributed by atoms with Gasteiger partial charge < -0.3 is 10.0 Å². The number of amides is 1. The molecule has 0 saturated carbocycles. The summed E-state index contributed by atoms with van der Waals surface area (Å²) in [7, 11) is 1.66. The van der Waals surface area contributed by atoms with E-state index < -0.39 is 6.10 Å². The molecule has 0 bridgehead atoms. The Bertz CT molecular complexity index is 420. The van der Waals surface area contributed by atoms with Gasteiger partial charge in [-0.3, -0.25) is 4.79 Å². The maximum atomic E-state index is 11.9. The molecule has 1 N–H and O–H groups in total. The number of aliphatic hydroxyl groups is 1. The molecule has 0 fully saturated rings. The third kappa shape index (κ3) is 3.85. The minimum absolute atomic E-state index is 0.213. The molecule has 0 aliphatic rings. The molecule has 17 heavy (non-hydrogen) atoms. The summed E-state index contributed by atoms with van der Waals surface area (Å²) in [6, 6.07) is 5.03. The number of hydrogen-bond acceptors (Lipinski definition) is 4. The third-order valence-corrected chi connectivity index (χ3v) is 2.34. The summed E-state index contributed by atoms with van der Waals surface area (Å²) in [6.45, 7) is 2.15. The summed E-state index contributed by atoms with van der Waals surface area (Å²) in [5, 5.41) is 17.7. The van der Waals surface area contributed by atoms with Crippen molar-refractivity contribution in [1.29, 1.82) is 5.26 Å². The predicted octanol–water partition coefficient (Wildman–Crippen LogP) is 0.796. The Morgan fingerprint density at radius 1 is 1.65 bits per heavy atom. The van der Waals surface area contributed by atoms with Crippen molar-refractivity contribution < 1.29 is 9.90 Å². The number of aliphatic hydroxyl groups excluding tert-OH is 1. The van der Waals surface area contributed by atoms with Crippen LogP contribution >= 0.6 is 0 Å². The molecular formula is C12H15N3O2. The van der Waals surface area contributed by atoms with E-state index in [-0.39, 0.29) is 5.91 Å². The molecule has 0 aliphatic heterocycles. The van der Waals surface area contributed by atoms with Crippen molar-refractivity contribution in [1.82, 2.24) is 9.88 Å². The fraction of sp³-hybridized carbons (Fsp3) is 0.417. The van der Waals surface area contributed by atoms with Gasteiger partial charge in [0.15, 0.2) is 0 Å². The van der Waals surface area contributed by atoms with Gasteiger partial charge in [-0.15, -0.1) is 0 Å². The molecule has 0 aliphatic carbocycles. The van der Waals surface area contributed by atoms with E-state index in [4.69, 9.17) is 10.4 Å². The molecule has 0 spiro atoms. The van der Waals surface area contributed by atoms with E-state index in [1.54, 1.807) is 20.0 Å². The fourth-order valence-electron chi connectivity index (χ4n) is 1.26. The number of rotatable bonds is 4. The van der Waals surface area contributed by atoms with Crippen LogP contribution in [0.4, 0.5) is 0 Å². The van der Waals surface area contributed by atoms with E-state index in [1.165, 1.54) is 17.2 Å². The van der Waals surface area contributed by atoms with Gasteiger partial charge in [0.05, 0.1) is 11.7 Å². The van der Waals surface area contributed by atoms with E-state index in [2.05, 4.69) is 4.98 Å². The van der Waals surface area contributed by atoms with Gasteiger partial charge in [-0.1, -0.05) is 0 Å². The molecule has 1 atom stereocenters. The van der Waals surface area contributed by atoms with E-state index in [0.717, 1.165) is 0 Å². The smallest absolute Gasteiger partial charge is 0.272 e. The number of carbonyl (C=O) groups is 1. The zero-order chi connectivity index (χ0) is 12.8. The molecule has 1 unspecified atom stereocenters. The van der Waals surface area contributed by atoms with Crippen molar-refractivity contribution in [3.8, 4) is 6.07 Å². The van der Waals surface area contributed by atoms with Crippen molar-refractivity contribution in [2.75, 3.05) is 13.6 Å². The Labute approximate surface area is 100 Å². The lowest BCUT2D eigenvalue weighted by Gasteiger charge is -2.17. The van der Waals surface area contributed by atoms with Crippen LogP contribution in [-0.2, 0) is 0 Å². The van der Waals surface area contributed by atoms with Crippen LogP contribution < -0.4 is 0 Å². The summed E-state index contributed by atoms with van der Waals surface area (Å²) in [5.41, 5.74) is 0.727. The SMILES string of the molecule is CC(O)CCN(C)C(=O)c1ccc(C#N)cn1.